The third-order valence-corrected chi connectivity index (χ3v) is 3.81. The van der Waals surface area contributed by atoms with Gasteiger partial charge in [0, 0.05) is 18.3 Å². The number of nitro groups is 1. The van der Waals surface area contributed by atoms with Crippen molar-refractivity contribution in [1.29, 1.82) is 5.26 Å². The summed E-state index contributed by atoms with van der Waals surface area (Å²) in [6.45, 7) is 1.77. The third-order valence-electron chi connectivity index (χ3n) is 2.63. The summed E-state index contributed by atoms with van der Waals surface area (Å²) >= 11 is 6.44. The molecular weight excluding hydrogens is 406 g/mol. The average molecular weight is 413 g/mol. The van der Waals surface area contributed by atoms with E-state index in [2.05, 4.69) is 36.8 Å². The lowest BCUT2D eigenvalue weighted by Crippen LogP contribution is -1.96. The summed E-state index contributed by atoms with van der Waals surface area (Å²) in [6, 6.07) is 6.37. The summed E-state index contributed by atoms with van der Waals surface area (Å²) in [5.74, 6) is 0.461. The Hall–Kier alpha value is -1.98. The molecule has 0 unspecified atom stereocenters. The van der Waals surface area contributed by atoms with Gasteiger partial charge in [0.2, 0.25) is 5.88 Å². The molecule has 0 atom stereocenters. The maximum atomic E-state index is 10.8. The van der Waals surface area contributed by atoms with Gasteiger partial charge in [0.1, 0.15) is 11.6 Å². The Bertz CT molecular complexity index is 749. The number of hydrogen-bond acceptors (Lipinski definition) is 5. The number of non-ortho nitro benzene ring substituents is 1. The molecule has 0 saturated carbocycles. The van der Waals surface area contributed by atoms with Crippen molar-refractivity contribution in [2.24, 2.45) is 0 Å². The Morgan fingerprint density at radius 3 is 2.52 bits per heavy atom. The summed E-state index contributed by atoms with van der Waals surface area (Å²) in [7, 11) is 0. The standard InChI is InChI=1S/C13H7Br2N3O3/c1-7-2-3-17-13(9(7)6-16)21-12-10(14)4-8(18(19)20)5-11(12)15/h2-5H,1H3. The van der Waals surface area contributed by atoms with Crippen LogP contribution in [0.4, 0.5) is 5.69 Å². The summed E-state index contributed by atoms with van der Waals surface area (Å²) in [5, 5.41) is 19.9. The number of hydrogen-bond donors (Lipinski definition) is 0. The first-order valence-electron chi connectivity index (χ1n) is 5.61. The molecule has 6 nitrogen and oxygen atoms in total. The second kappa shape index (κ2) is 6.20. The van der Waals surface area contributed by atoms with Crippen molar-refractivity contribution in [3.63, 3.8) is 0 Å². The fourth-order valence-electron chi connectivity index (χ4n) is 1.59. The number of benzene rings is 1. The van der Waals surface area contributed by atoms with Gasteiger partial charge in [0.05, 0.1) is 13.9 Å². The number of halogens is 2. The van der Waals surface area contributed by atoms with Crippen molar-refractivity contribution in [1.82, 2.24) is 4.98 Å². The molecular formula is C13H7Br2N3O3. The van der Waals surface area contributed by atoms with Crippen molar-refractivity contribution < 1.29 is 9.66 Å². The quantitative estimate of drug-likeness (QED) is 0.547. The highest BCUT2D eigenvalue weighted by atomic mass is 79.9. The van der Waals surface area contributed by atoms with Crippen LogP contribution < -0.4 is 4.74 Å². The summed E-state index contributed by atoms with van der Waals surface area (Å²) < 4.78 is 6.40. The molecule has 2 rings (SSSR count). The highest BCUT2D eigenvalue weighted by molar-refractivity contribution is 9.11. The minimum Gasteiger partial charge on any atom is -0.435 e. The lowest BCUT2D eigenvalue weighted by Gasteiger charge is -2.11. The van der Waals surface area contributed by atoms with E-state index in [0.29, 0.717) is 20.3 Å². The second-order valence-corrected chi connectivity index (χ2v) is 5.73. The molecule has 0 aliphatic carbocycles. The molecule has 0 radical (unpaired) electrons. The number of ether oxygens (including phenoxy) is 1. The topological polar surface area (TPSA) is 89.1 Å². The first-order valence-corrected chi connectivity index (χ1v) is 7.19. The molecule has 1 aromatic heterocycles. The number of nitro benzene ring substituents is 1. The summed E-state index contributed by atoms with van der Waals surface area (Å²) in [6.07, 6.45) is 1.53. The van der Waals surface area contributed by atoms with Gasteiger partial charge in [0.25, 0.3) is 5.69 Å². The molecule has 21 heavy (non-hydrogen) atoms. The highest BCUT2D eigenvalue weighted by Gasteiger charge is 2.18. The maximum Gasteiger partial charge on any atom is 0.271 e. The third kappa shape index (κ3) is 3.20. The van der Waals surface area contributed by atoms with E-state index in [-0.39, 0.29) is 11.6 Å². The number of nitriles is 1. The number of aromatic nitrogens is 1. The predicted molar refractivity (Wildman–Crippen MR) is 82.3 cm³/mol. The fourth-order valence-corrected chi connectivity index (χ4v) is 2.92. The van der Waals surface area contributed by atoms with Crippen molar-refractivity contribution >= 4 is 37.5 Å². The Kier molecular flexibility index (Phi) is 4.55. The van der Waals surface area contributed by atoms with E-state index in [1.165, 1.54) is 18.3 Å². The van der Waals surface area contributed by atoms with E-state index in [1.807, 2.05) is 6.07 Å². The molecule has 106 valence electrons. The largest absolute Gasteiger partial charge is 0.435 e. The van der Waals surface area contributed by atoms with Crippen LogP contribution in [0.25, 0.3) is 0 Å². The average Bonchev–Trinajstić information content (AvgIpc) is 2.42. The van der Waals surface area contributed by atoms with Crippen LogP contribution in [0.3, 0.4) is 0 Å². The first kappa shape index (κ1) is 15.4. The van der Waals surface area contributed by atoms with E-state index < -0.39 is 4.92 Å². The van der Waals surface area contributed by atoms with E-state index in [9.17, 15) is 10.1 Å². The van der Waals surface area contributed by atoms with Crippen LogP contribution in [0, 0.1) is 28.4 Å². The van der Waals surface area contributed by atoms with Gasteiger partial charge in [-0.1, -0.05) is 0 Å². The Morgan fingerprint density at radius 1 is 1.38 bits per heavy atom. The normalized spacial score (nSPS) is 10.0. The van der Waals surface area contributed by atoms with Crippen LogP contribution in [0.15, 0.2) is 33.3 Å². The van der Waals surface area contributed by atoms with E-state index in [0.717, 1.165) is 5.56 Å². The number of rotatable bonds is 3. The van der Waals surface area contributed by atoms with Crippen molar-refractivity contribution in [3.8, 4) is 17.7 Å². The van der Waals surface area contributed by atoms with Gasteiger partial charge in [0.15, 0.2) is 5.75 Å². The van der Waals surface area contributed by atoms with Gasteiger partial charge in [-0.25, -0.2) is 4.98 Å². The summed E-state index contributed by atoms with van der Waals surface area (Å²) in [4.78, 5) is 14.3. The molecule has 0 saturated heterocycles. The first-order chi connectivity index (χ1) is 9.93. The molecule has 0 spiro atoms. The van der Waals surface area contributed by atoms with Gasteiger partial charge in [-0.2, -0.15) is 5.26 Å². The molecule has 0 fully saturated rings. The van der Waals surface area contributed by atoms with Crippen molar-refractivity contribution in [2.75, 3.05) is 0 Å². The van der Waals surface area contributed by atoms with Crippen LogP contribution in [0.1, 0.15) is 11.1 Å². The van der Waals surface area contributed by atoms with E-state index in [1.54, 1.807) is 13.0 Å². The molecule has 0 aliphatic rings. The van der Waals surface area contributed by atoms with Crippen LogP contribution in [0.5, 0.6) is 11.6 Å². The van der Waals surface area contributed by atoms with Crippen LogP contribution >= 0.6 is 31.9 Å². The van der Waals surface area contributed by atoms with Gasteiger partial charge in [-0.3, -0.25) is 10.1 Å². The van der Waals surface area contributed by atoms with Crippen LogP contribution in [-0.2, 0) is 0 Å². The zero-order chi connectivity index (χ0) is 15.6. The van der Waals surface area contributed by atoms with E-state index >= 15 is 0 Å². The molecule has 0 bridgehead atoms. The number of aryl methyl sites for hydroxylation is 1. The van der Waals surface area contributed by atoms with Gasteiger partial charge in [-0.05, 0) is 50.4 Å². The Labute approximate surface area is 136 Å². The minimum atomic E-state index is -0.509. The molecule has 2 aromatic rings. The summed E-state index contributed by atoms with van der Waals surface area (Å²) in [5.41, 5.74) is 0.963. The van der Waals surface area contributed by atoms with Crippen LogP contribution in [-0.4, -0.2) is 9.91 Å². The lowest BCUT2D eigenvalue weighted by atomic mass is 10.2. The lowest BCUT2D eigenvalue weighted by molar-refractivity contribution is -0.385. The molecule has 1 heterocycles. The maximum absolute atomic E-state index is 10.8. The fraction of sp³-hybridized carbons (Fsp3) is 0.0769. The second-order valence-electron chi connectivity index (χ2n) is 4.02. The van der Waals surface area contributed by atoms with Crippen LogP contribution in [0.2, 0.25) is 0 Å². The van der Waals surface area contributed by atoms with Gasteiger partial charge >= 0.3 is 0 Å². The molecule has 0 aliphatic heterocycles. The zero-order valence-corrected chi connectivity index (χ0v) is 13.8. The van der Waals surface area contributed by atoms with Crippen molar-refractivity contribution in [2.45, 2.75) is 6.92 Å². The van der Waals surface area contributed by atoms with Gasteiger partial charge in [-0.15, -0.1) is 0 Å². The van der Waals surface area contributed by atoms with E-state index in [4.69, 9.17) is 10.00 Å². The monoisotopic (exact) mass is 411 g/mol. The number of nitrogens with zero attached hydrogens (tertiary/aromatic N) is 3. The SMILES string of the molecule is Cc1ccnc(Oc2c(Br)cc([N+](=O)[O-])cc2Br)c1C#N. The molecule has 0 N–H and O–H groups in total. The Morgan fingerprint density at radius 2 is 2.00 bits per heavy atom. The molecule has 1 aromatic carbocycles. The number of pyridine rings is 1. The predicted octanol–water partition coefficient (Wildman–Crippen LogP) is 4.49. The van der Waals surface area contributed by atoms with Gasteiger partial charge < -0.3 is 4.74 Å². The zero-order valence-electron chi connectivity index (χ0n) is 10.6. The highest BCUT2D eigenvalue weighted by Crippen LogP contribution is 2.40. The smallest absolute Gasteiger partial charge is 0.271 e. The Balaban J connectivity index is 2.49. The molecule has 0 amide bonds. The minimum absolute atomic E-state index is 0.0844. The van der Waals surface area contributed by atoms with Crippen molar-refractivity contribution in [3.05, 3.63) is 54.6 Å². The molecule has 8 heteroatoms.